The van der Waals surface area contributed by atoms with Gasteiger partial charge in [-0.15, -0.1) is 0 Å². The molecule has 132 valence electrons. The SMILES string of the molecule is CC.Cc1ccc(-n2nc(-c3ccc(C#N)c(F)c3)cc2C(=O)O)cc1. The van der Waals surface area contributed by atoms with Gasteiger partial charge in [0.2, 0.25) is 0 Å². The Morgan fingerprint density at radius 2 is 1.81 bits per heavy atom. The van der Waals surface area contributed by atoms with Crippen molar-refractivity contribution in [2.45, 2.75) is 20.8 Å². The van der Waals surface area contributed by atoms with Gasteiger partial charge in [-0.05, 0) is 37.3 Å². The second-order valence-electron chi connectivity index (χ2n) is 5.27. The predicted octanol–water partition coefficient (Wildman–Crippen LogP) is 4.58. The molecule has 1 aromatic heterocycles. The van der Waals surface area contributed by atoms with Crippen LogP contribution in [-0.2, 0) is 0 Å². The summed E-state index contributed by atoms with van der Waals surface area (Å²) in [6, 6.07) is 14.4. The van der Waals surface area contributed by atoms with Crippen molar-refractivity contribution in [2.75, 3.05) is 0 Å². The second kappa shape index (κ2) is 8.08. The number of hydrogen-bond donors (Lipinski definition) is 1. The molecule has 6 heteroatoms. The standard InChI is InChI=1S/C18H12FN3O2.C2H6/c1-11-2-6-14(7-3-11)22-17(18(23)24)9-16(21-22)12-4-5-13(10-20)15(19)8-12;1-2/h2-9H,1H3,(H,23,24);1-2H3. The first kappa shape index (κ1) is 18.9. The maximum atomic E-state index is 13.8. The molecule has 0 amide bonds. The molecule has 5 nitrogen and oxygen atoms in total. The first-order chi connectivity index (χ1) is 12.5. The number of rotatable bonds is 3. The maximum absolute atomic E-state index is 13.8. The molecule has 0 aliphatic carbocycles. The van der Waals surface area contributed by atoms with Crippen LogP contribution in [0.25, 0.3) is 16.9 Å². The molecule has 1 heterocycles. The van der Waals surface area contributed by atoms with E-state index in [-0.39, 0.29) is 11.3 Å². The van der Waals surface area contributed by atoms with Crippen LogP contribution in [0.3, 0.4) is 0 Å². The van der Waals surface area contributed by atoms with Crippen molar-refractivity contribution in [3.63, 3.8) is 0 Å². The van der Waals surface area contributed by atoms with Crippen LogP contribution in [0.1, 0.15) is 35.5 Å². The van der Waals surface area contributed by atoms with Crippen LogP contribution in [0.5, 0.6) is 0 Å². The Hall–Kier alpha value is -3.46. The van der Waals surface area contributed by atoms with Crippen LogP contribution >= 0.6 is 0 Å². The van der Waals surface area contributed by atoms with E-state index in [4.69, 9.17) is 5.26 Å². The lowest BCUT2D eigenvalue weighted by Crippen LogP contribution is -2.07. The number of carboxylic acids is 1. The summed E-state index contributed by atoms with van der Waals surface area (Å²) in [4.78, 5) is 11.5. The third-order valence-electron chi connectivity index (χ3n) is 3.59. The lowest BCUT2D eigenvalue weighted by atomic mass is 10.1. The summed E-state index contributed by atoms with van der Waals surface area (Å²) in [6.07, 6.45) is 0. The summed E-state index contributed by atoms with van der Waals surface area (Å²) in [7, 11) is 0. The molecule has 0 aliphatic rings. The Morgan fingerprint density at radius 1 is 1.15 bits per heavy atom. The van der Waals surface area contributed by atoms with Gasteiger partial charge in [0.25, 0.3) is 0 Å². The van der Waals surface area contributed by atoms with Crippen molar-refractivity contribution in [2.24, 2.45) is 0 Å². The largest absolute Gasteiger partial charge is 0.477 e. The molecule has 26 heavy (non-hydrogen) atoms. The Kier molecular flexibility index (Phi) is 5.86. The van der Waals surface area contributed by atoms with Crippen molar-refractivity contribution >= 4 is 5.97 Å². The average molecular weight is 351 g/mol. The van der Waals surface area contributed by atoms with Crippen LogP contribution in [0.2, 0.25) is 0 Å². The van der Waals surface area contributed by atoms with E-state index in [1.807, 2.05) is 32.9 Å². The smallest absolute Gasteiger partial charge is 0.354 e. The van der Waals surface area contributed by atoms with Crippen LogP contribution in [0, 0.1) is 24.1 Å². The Morgan fingerprint density at radius 3 is 2.35 bits per heavy atom. The number of aromatic carboxylic acids is 1. The molecule has 2 aromatic carbocycles. The van der Waals surface area contributed by atoms with Gasteiger partial charge in [-0.3, -0.25) is 0 Å². The van der Waals surface area contributed by atoms with Gasteiger partial charge in [0.1, 0.15) is 11.9 Å². The highest BCUT2D eigenvalue weighted by molar-refractivity contribution is 5.88. The molecule has 0 unspecified atom stereocenters. The normalized spacial score (nSPS) is 9.81. The van der Waals surface area contributed by atoms with Gasteiger partial charge in [-0.2, -0.15) is 10.4 Å². The highest BCUT2D eigenvalue weighted by Crippen LogP contribution is 2.24. The van der Waals surface area contributed by atoms with Crippen molar-refractivity contribution in [1.82, 2.24) is 9.78 Å². The second-order valence-corrected chi connectivity index (χ2v) is 5.27. The van der Waals surface area contributed by atoms with E-state index >= 15 is 0 Å². The third kappa shape index (κ3) is 3.78. The van der Waals surface area contributed by atoms with E-state index in [1.54, 1.807) is 18.2 Å². The van der Waals surface area contributed by atoms with Gasteiger partial charge >= 0.3 is 5.97 Å². The minimum Gasteiger partial charge on any atom is -0.477 e. The summed E-state index contributed by atoms with van der Waals surface area (Å²) in [5.74, 6) is -1.81. The van der Waals surface area contributed by atoms with Gasteiger partial charge in [-0.25, -0.2) is 13.9 Å². The van der Waals surface area contributed by atoms with E-state index in [0.717, 1.165) is 5.56 Å². The molecule has 0 saturated heterocycles. The maximum Gasteiger partial charge on any atom is 0.354 e. The molecule has 3 rings (SSSR count). The Balaban J connectivity index is 0.00000117. The number of benzene rings is 2. The monoisotopic (exact) mass is 351 g/mol. The number of carboxylic acid groups (broad SMARTS) is 1. The highest BCUT2D eigenvalue weighted by atomic mass is 19.1. The minimum absolute atomic E-state index is 0.0291. The molecule has 1 N–H and O–H groups in total. The zero-order valence-electron chi connectivity index (χ0n) is 14.7. The number of nitriles is 1. The number of halogens is 1. The molecular formula is C20H18FN3O2. The Bertz CT molecular complexity index is 970. The van der Waals surface area contributed by atoms with Crippen molar-refractivity contribution < 1.29 is 14.3 Å². The zero-order valence-corrected chi connectivity index (χ0v) is 14.7. The number of aromatic nitrogens is 2. The molecule has 3 aromatic rings. The van der Waals surface area contributed by atoms with Gasteiger partial charge in [0.05, 0.1) is 16.9 Å². The molecule has 0 saturated carbocycles. The van der Waals surface area contributed by atoms with Gasteiger partial charge in [0, 0.05) is 5.56 Å². The fourth-order valence-corrected chi connectivity index (χ4v) is 2.32. The van der Waals surface area contributed by atoms with Crippen molar-refractivity contribution in [3.05, 3.63) is 71.2 Å². The molecule has 0 bridgehead atoms. The van der Waals surface area contributed by atoms with Crippen LogP contribution in [0.15, 0.2) is 48.5 Å². The molecule has 0 fully saturated rings. The summed E-state index contributed by atoms with van der Waals surface area (Å²) >= 11 is 0. The highest BCUT2D eigenvalue weighted by Gasteiger charge is 2.17. The molecular weight excluding hydrogens is 333 g/mol. The van der Waals surface area contributed by atoms with E-state index in [0.29, 0.717) is 16.9 Å². The first-order valence-corrected chi connectivity index (χ1v) is 8.10. The summed E-state index contributed by atoms with van der Waals surface area (Å²) in [6.45, 7) is 5.93. The van der Waals surface area contributed by atoms with Crippen LogP contribution in [0.4, 0.5) is 4.39 Å². The summed E-state index contributed by atoms with van der Waals surface area (Å²) in [5, 5.41) is 22.5. The zero-order chi connectivity index (χ0) is 19.3. The Labute approximate surface area is 150 Å². The molecule has 0 spiro atoms. The van der Waals surface area contributed by atoms with Crippen molar-refractivity contribution in [3.8, 4) is 23.0 Å². The number of nitrogens with zero attached hydrogens (tertiary/aromatic N) is 3. The fraction of sp³-hybridized carbons (Fsp3) is 0.150. The number of carbonyl (C=O) groups is 1. The van der Waals surface area contributed by atoms with Crippen molar-refractivity contribution in [1.29, 1.82) is 5.26 Å². The van der Waals surface area contributed by atoms with E-state index in [1.165, 1.54) is 28.9 Å². The van der Waals surface area contributed by atoms with Gasteiger partial charge in [0.15, 0.2) is 5.69 Å². The van der Waals surface area contributed by atoms with Gasteiger partial charge < -0.3 is 5.11 Å². The lowest BCUT2D eigenvalue weighted by molar-refractivity contribution is 0.0687. The third-order valence-corrected chi connectivity index (χ3v) is 3.59. The summed E-state index contributed by atoms with van der Waals surface area (Å²) < 4.78 is 15.1. The number of hydrogen-bond acceptors (Lipinski definition) is 3. The lowest BCUT2D eigenvalue weighted by Gasteiger charge is -2.04. The minimum atomic E-state index is -1.14. The number of aryl methyl sites for hydroxylation is 1. The van der Waals surface area contributed by atoms with E-state index in [9.17, 15) is 14.3 Å². The van der Waals surface area contributed by atoms with E-state index < -0.39 is 11.8 Å². The van der Waals surface area contributed by atoms with Gasteiger partial charge in [-0.1, -0.05) is 37.6 Å². The van der Waals surface area contributed by atoms with Crippen LogP contribution < -0.4 is 0 Å². The predicted molar refractivity (Wildman–Crippen MR) is 96.7 cm³/mol. The van der Waals surface area contributed by atoms with E-state index in [2.05, 4.69) is 5.10 Å². The first-order valence-electron chi connectivity index (χ1n) is 8.10. The molecule has 0 aliphatic heterocycles. The fourth-order valence-electron chi connectivity index (χ4n) is 2.32. The summed E-state index contributed by atoms with van der Waals surface area (Å²) in [5.41, 5.74) is 2.25. The molecule has 0 radical (unpaired) electrons. The van der Waals surface area contributed by atoms with Crippen LogP contribution in [-0.4, -0.2) is 20.9 Å². The average Bonchev–Trinajstić information content (AvgIpc) is 3.09. The topological polar surface area (TPSA) is 78.9 Å². The quantitative estimate of drug-likeness (QED) is 0.749. The molecule has 0 atom stereocenters.